The van der Waals surface area contributed by atoms with Gasteiger partial charge in [-0.15, -0.1) is 0 Å². The highest BCUT2D eigenvalue weighted by Gasteiger charge is 2.25. The van der Waals surface area contributed by atoms with Crippen LogP contribution in [0.1, 0.15) is 18.1 Å². The van der Waals surface area contributed by atoms with E-state index in [0.717, 1.165) is 62.9 Å². The molecule has 2 aliphatic rings. The maximum Gasteiger partial charge on any atom is 0.279 e. The summed E-state index contributed by atoms with van der Waals surface area (Å²) < 4.78 is 5.59. The lowest BCUT2D eigenvalue weighted by Gasteiger charge is -2.29. The molecular weight excluding hydrogens is 380 g/mol. The first-order chi connectivity index (χ1) is 14.5. The zero-order valence-corrected chi connectivity index (χ0v) is 17.4. The molecule has 4 N–H and O–H groups in total. The number of rotatable bonds is 6. The van der Waals surface area contributed by atoms with Crippen LogP contribution in [0.5, 0.6) is 5.75 Å². The summed E-state index contributed by atoms with van der Waals surface area (Å²) in [6, 6.07) is 13.8. The Morgan fingerprint density at radius 1 is 0.933 bits per heavy atom. The molecule has 2 heterocycles. The molecule has 0 radical (unpaired) electrons. The van der Waals surface area contributed by atoms with Gasteiger partial charge >= 0.3 is 0 Å². The van der Waals surface area contributed by atoms with E-state index in [9.17, 15) is 9.59 Å². The minimum absolute atomic E-state index is 0.0272. The van der Waals surface area contributed by atoms with Gasteiger partial charge in [-0.05, 0) is 48.0 Å². The summed E-state index contributed by atoms with van der Waals surface area (Å²) in [4.78, 5) is 26.4. The van der Waals surface area contributed by atoms with Crippen LogP contribution in [0.2, 0.25) is 0 Å². The van der Waals surface area contributed by atoms with E-state index in [0.29, 0.717) is 6.54 Å². The highest BCUT2D eigenvalue weighted by Crippen LogP contribution is 2.25. The molecule has 2 aromatic carbocycles. The number of hydrogen-bond donors (Lipinski definition) is 4. The predicted molar refractivity (Wildman–Crippen MR) is 115 cm³/mol. The topological polar surface area (TPSA) is 76.3 Å². The van der Waals surface area contributed by atoms with Crippen molar-refractivity contribution in [2.75, 3.05) is 50.0 Å². The molecule has 0 bridgehead atoms. The SMILES string of the molecule is CC(=O)Nc1ccc(NC(=O)C[NH+]2CC[NH+](Cc3ccc4c(c3)CCO4)CC2)cc1. The van der Waals surface area contributed by atoms with Crippen molar-refractivity contribution < 1.29 is 24.1 Å². The highest BCUT2D eigenvalue weighted by atomic mass is 16.5. The van der Waals surface area contributed by atoms with E-state index < -0.39 is 0 Å². The summed E-state index contributed by atoms with van der Waals surface area (Å²) in [5.41, 5.74) is 4.18. The zero-order chi connectivity index (χ0) is 20.9. The van der Waals surface area contributed by atoms with E-state index in [1.54, 1.807) is 17.0 Å². The molecule has 0 aliphatic carbocycles. The van der Waals surface area contributed by atoms with Crippen LogP contribution in [0, 0.1) is 0 Å². The van der Waals surface area contributed by atoms with Crippen molar-refractivity contribution in [3.63, 3.8) is 0 Å². The van der Waals surface area contributed by atoms with Gasteiger partial charge in [0.2, 0.25) is 5.91 Å². The molecular formula is C23H30N4O3+2. The number of piperazine rings is 1. The van der Waals surface area contributed by atoms with Crippen LogP contribution in [-0.4, -0.2) is 51.1 Å². The van der Waals surface area contributed by atoms with E-state index in [2.05, 4.69) is 28.8 Å². The fraction of sp³-hybridized carbons (Fsp3) is 0.391. The minimum Gasteiger partial charge on any atom is -0.493 e. The van der Waals surface area contributed by atoms with Crippen molar-refractivity contribution in [3.05, 3.63) is 53.6 Å². The lowest BCUT2D eigenvalue weighted by Crippen LogP contribution is -3.28. The summed E-state index contributed by atoms with van der Waals surface area (Å²) in [6.45, 7) is 7.93. The van der Waals surface area contributed by atoms with Crippen LogP contribution in [0.4, 0.5) is 11.4 Å². The van der Waals surface area contributed by atoms with E-state index in [1.807, 2.05) is 12.1 Å². The molecule has 7 heteroatoms. The van der Waals surface area contributed by atoms with Gasteiger partial charge in [0.15, 0.2) is 6.54 Å². The lowest BCUT2D eigenvalue weighted by atomic mass is 10.1. The van der Waals surface area contributed by atoms with Crippen LogP contribution in [0.3, 0.4) is 0 Å². The van der Waals surface area contributed by atoms with Crippen molar-refractivity contribution in [1.82, 2.24) is 0 Å². The average Bonchev–Trinajstić information content (AvgIpc) is 3.18. The maximum absolute atomic E-state index is 12.4. The number of nitrogens with one attached hydrogen (secondary N) is 4. The summed E-state index contributed by atoms with van der Waals surface area (Å²) >= 11 is 0. The van der Waals surface area contributed by atoms with Crippen molar-refractivity contribution in [3.8, 4) is 5.75 Å². The first-order valence-corrected chi connectivity index (χ1v) is 10.6. The Balaban J connectivity index is 1.20. The number of amides is 2. The summed E-state index contributed by atoms with van der Waals surface area (Å²) in [6.07, 6.45) is 1.02. The molecule has 0 spiro atoms. The third kappa shape index (κ3) is 5.37. The molecule has 30 heavy (non-hydrogen) atoms. The first kappa shape index (κ1) is 20.4. The summed E-state index contributed by atoms with van der Waals surface area (Å²) in [7, 11) is 0. The van der Waals surface area contributed by atoms with Gasteiger partial charge in [-0.3, -0.25) is 9.59 Å². The second-order valence-corrected chi connectivity index (χ2v) is 8.20. The molecule has 2 aromatic rings. The number of carbonyl (C=O) groups excluding carboxylic acids is 2. The quantitative estimate of drug-likeness (QED) is 0.519. The van der Waals surface area contributed by atoms with Crippen LogP contribution < -0.4 is 25.2 Å². The van der Waals surface area contributed by atoms with Gasteiger partial charge in [-0.25, -0.2) is 0 Å². The third-order valence-electron chi connectivity index (χ3n) is 5.77. The van der Waals surface area contributed by atoms with E-state index in [4.69, 9.17) is 4.74 Å². The molecule has 2 amide bonds. The first-order valence-electron chi connectivity index (χ1n) is 10.6. The Morgan fingerprint density at radius 3 is 2.30 bits per heavy atom. The summed E-state index contributed by atoms with van der Waals surface area (Å²) in [5.74, 6) is 0.958. The number of anilines is 2. The summed E-state index contributed by atoms with van der Waals surface area (Å²) in [5, 5.41) is 5.67. The van der Waals surface area contributed by atoms with Crippen molar-refractivity contribution in [1.29, 1.82) is 0 Å². The van der Waals surface area contributed by atoms with Gasteiger partial charge in [-0.1, -0.05) is 0 Å². The molecule has 0 unspecified atom stereocenters. The molecule has 1 fully saturated rings. The monoisotopic (exact) mass is 410 g/mol. The number of benzene rings is 2. The Morgan fingerprint density at radius 2 is 1.60 bits per heavy atom. The number of hydrogen-bond acceptors (Lipinski definition) is 3. The molecule has 0 aromatic heterocycles. The molecule has 4 rings (SSSR count). The van der Waals surface area contributed by atoms with Crippen molar-refractivity contribution in [2.45, 2.75) is 19.9 Å². The Bertz CT molecular complexity index is 905. The highest BCUT2D eigenvalue weighted by molar-refractivity contribution is 5.92. The number of carbonyl (C=O) groups is 2. The second-order valence-electron chi connectivity index (χ2n) is 8.20. The Kier molecular flexibility index (Phi) is 6.30. The Labute approximate surface area is 177 Å². The average molecular weight is 411 g/mol. The third-order valence-corrected chi connectivity index (χ3v) is 5.77. The largest absolute Gasteiger partial charge is 0.493 e. The number of quaternary nitrogens is 2. The fourth-order valence-electron chi connectivity index (χ4n) is 4.22. The van der Waals surface area contributed by atoms with E-state index in [1.165, 1.54) is 23.0 Å². The van der Waals surface area contributed by atoms with Gasteiger partial charge in [0.05, 0.1) is 6.61 Å². The van der Waals surface area contributed by atoms with E-state index >= 15 is 0 Å². The predicted octanol–water partition coefficient (Wildman–Crippen LogP) is -0.498. The molecule has 0 atom stereocenters. The standard InChI is InChI=1S/C23H28N4O3/c1-17(28)24-20-3-5-21(6-4-20)25-23(29)16-27-11-9-26(10-12-27)15-18-2-7-22-19(14-18)8-13-30-22/h2-7,14H,8-13,15-16H2,1H3,(H,24,28)(H,25,29)/p+2. The number of fused-ring (bicyclic) bond motifs is 1. The smallest absolute Gasteiger partial charge is 0.279 e. The van der Waals surface area contributed by atoms with Crippen LogP contribution in [-0.2, 0) is 22.6 Å². The van der Waals surface area contributed by atoms with Crippen LogP contribution in [0.15, 0.2) is 42.5 Å². The second kappa shape index (κ2) is 9.28. The van der Waals surface area contributed by atoms with Crippen LogP contribution in [0.25, 0.3) is 0 Å². The normalized spacial score (nSPS) is 20.2. The van der Waals surface area contributed by atoms with Crippen LogP contribution >= 0.6 is 0 Å². The van der Waals surface area contributed by atoms with Gasteiger partial charge in [-0.2, -0.15) is 0 Å². The van der Waals surface area contributed by atoms with Gasteiger partial charge in [0.25, 0.3) is 5.91 Å². The maximum atomic E-state index is 12.4. The van der Waals surface area contributed by atoms with Gasteiger partial charge in [0.1, 0.15) is 38.5 Å². The van der Waals surface area contributed by atoms with Gasteiger partial charge < -0.3 is 25.2 Å². The molecule has 7 nitrogen and oxygen atoms in total. The van der Waals surface area contributed by atoms with Crippen molar-refractivity contribution >= 4 is 23.2 Å². The minimum atomic E-state index is -0.109. The molecule has 2 aliphatic heterocycles. The van der Waals surface area contributed by atoms with Gasteiger partial charge in [0, 0.05) is 30.3 Å². The molecule has 0 saturated carbocycles. The molecule has 158 valence electrons. The zero-order valence-electron chi connectivity index (χ0n) is 17.4. The fourth-order valence-corrected chi connectivity index (χ4v) is 4.22. The van der Waals surface area contributed by atoms with E-state index in [-0.39, 0.29) is 11.8 Å². The van der Waals surface area contributed by atoms with Crippen molar-refractivity contribution in [2.24, 2.45) is 0 Å². The lowest BCUT2D eigenvalue weighted by molar-refractivity contribution is -1.02. The number of ether oxygens (including phenoxy) is 1. The molecule has 1 saturated heterocycles. The Hall–Kier alpha value is -2.90.